The van der Waals surface area contributed by atoms with E-state index in [4.69, 9.17) is 22.1 Å². The highest BCUT2D eigenvalue weighted by atomic mass is 35.5. The Kier molecular flexibility index (Phi) is 9.35. The topological polar surface area (TPSA) is 139 Å². The molecular formula is C20H26ClF2N5O4S. The van der Waals surface area contributed by atoms with Crippen LogP contribution in [0, 0.1) is 11.6 Å². The van der Waals surface area contributed by atoms with Gasteiger partial charge in [0.2, 0.25) is 5.88 Å². The van der Waals surface area contributed by atoms with Crippen molar-refractivity contribution in [3.63, 3.8) is 0 Å². The molecule has 3 amide bonds. The maximum atomic E-state index is 13.9. The first kappa shape index (κ1) is 26.7. The van der Waals surface area contributed by atoms with Crippen molar-refractivity contribution in [3.8, 4) is 5.88 Å². The van der Waals surface area contributed by atoms with Gasteiger partial charge in [0.1, 0.15) is 28.8 Å². The smallest absolute Gasteiger partial charge is 0.319 e. The second-order valence-electron chi connectivity index (χ2n) is 8.15. The second-order valence-corrected chi connectivity index (χ2v) is 9.36. The van der Waals surface area contributed by atoms with Crippen LogP contribution in [0.5, 0.6) is 5.88 Å². The Hall–Kier alpha value is -2.54. The van der Waals surface area contributed by atoms with Gasteiger partial charge >= 0.3 is 6.03 Å². The zero-order valence-electron chi connectivity index (χ0n) is 18.3. The van der Waals surface area contributed by atoms with Crippen LogP contribution in [-0.4, -0.2) is 46.2 Å². The Labute approximate surface area is 198 Å². The number of amides is 3. The molecule has 182 valence electrons. The normalized spacial score (nSPS) is 12.3. The number of aromatic nitrogens is 1. The number of hydrogen-bond donors (Lipinski definition) is 5. The second kappa shape index (κ2) is 11.5. The maximum Gasteiger partial charge on any atom is 0.319 e. The lowest BCUT2D eigenvalue weighted by Gasteiger charge is -2.22. The molecule has 9 nitrogen and oxygen atoms in total. The van der Waals surface area contributed by atoms with Crippen molar-refractivity contribution in [3.05, 3.63) is 39.9 Å². The minimum Gasteiger partial charge on any atom is -0.471 e. The third-order valence-electron chi connectivity index (χ3n) is 4.22. The molecule has 1 atom stereocenters. The van der Waals surface area contributed by atoms with Crippen LogP contribution in [0.3, 0.4) is 0 Å². The van der Waals surface area contributed by atoms with Crippen molar-refractivity contribution in [2.24, 2.45) is 5.73 Å². The van der Waals surface area contributed by atoms with Crippen LogP contribution in [0.1, 0.15) is 43.1 Å². The van der Waals surface area contributed by atoms with Crippen LogP contribution < -0.4 is 26.4 Å². The Balaban J connectivity index is 1.95. The number of anilines is 1. The predicted molar refractivity (Wildman–Crippen MR) is 122 cm³/mol. The number of halogens is 3. The predicted octanol–water partition coefficient (Wildman–Crippen LogP) is 3.01. The van der Waals surface area contributed by atoms with E-state index in [0.29, 0.717) is 24.5 Å². The van der Waals surface area contributed by atoms with Crippen LogP contribution in [0.4, 0.5) is 18.6 Å². The van der Waals surface area contributed by atoms with Crippen molar-refractivity contribution in [2.75, 3.05) is 18.4 Å². The van der Waals surface area contributed by atoms with Crippen LogP contribution in [0.2, 0.25) is 5.02 Å². The number of rotatable bonds is 10. The lowest BCUT2D eigenvalue weighted by atomic mass is 10.1. The van der Waals surface area contributed by atoms with Gasteiger partial charge in [-0.05, 0) is 50.9 Å². The number of hydrogen-bond acceptors (Lipinski definition) is 7. The van der Waals surface area contributed by atoms with Crippen molar-refractivity contribution < 1.29 is 28.2 Å². The molecule has 0 aliphatic heterocycles. The third kappa shape index (κ3) is 8.39. The zero-order valence-corrected chi connectivity index (χ0v) is 19.9. The summed E-state index contributed by atoms with van der Waals surface area (Å²) in [6.07, 6.45) is -0.364. The van der Waals surface area contributed by atoms with Gasteiger partial charge in [-0.1, -0.05) is 11.6 Å². The molecule has 1 aromatic heterocycles. The van der Waals surface area contributed by atoms with Gasteiger partial charge < -0.3 is 26.2 Å². The molecule has 0 radical (unpaired) electrons. The molecule has 6 N–H and O–H groups in total. The fourth-order valence-electron chi connectivity index (χ4n) is 2.55. The van der Waals surface area contributed by atoms with E-state index in [-0.39, 0.29) is 33.6 Å². The Morgan fingerprint density at radius 1 is 1.30 bits per heavy atom. The minimum absolute atomic E-state index is 0.00185. The summed E-state index contributed by atoms with van der Waals surface area (Å²) in [5, 5.41) is 18.0. The molecule has 0 saturated heterocycles. The highest BCUT2D eigenvalue weighted by Gasteiger charge is 2.23. The molecule has 2 aromatic rings. The van der Waals surface area contributed by atoms with E-state index in [2.05, 4.69) is 20.3 Å². The van der Waals surface area contributed by atoms with Gasteiger partial charge in [-0.25, -0.2) is 13.6 Å². The van der Waals surface area contributed by atoms with Crippen LogP contribution in [0.15, 0.2) is 12.1 Å². The van der Waals surface area contributed by atoms with Gasteiger partial charge in [0.25, 0.3) is 5.91 Å². The number of primary amides is 1. The molecular weight excluding hydrogens is 480 g/mol. The number of benzene rings is 1. The van der Waals surface area contributed by atoms with Gasteiger partial charge in [-0.15, -0.1) is 0 Å². The summed E-state index contributed by atoms with van der Waals surface area (Å²) in [6.45, 7) is 5.86. The molecule has 33 heavy (non-hydrogen) atoms. The molecule has 0 aliphatic rings. The van der Waals surface area contributed by atoms with Gasteiger partial charge in [0.15, 0.2) is 0 Å². The first-order valence-electron chi connectivity index (χ1n) is 9.91. The summed E-state index contributed by atoms with van der Waals surface area (Å²) in [7, 11) is 0. The molecule has 0 fully saturated rings. The zero-order chi connectivity index (χ0) is 24.8. The number of carbonyl (C=O) groups excluding carboxylic acids is 2. The first-order chi connectivity index (χ1) is 15.4. The third-order valence-corrected chi connectivity index (χ3v) is 5.19. The molecule has 2 rings (SSSR count). The molecule has 1 heterocycles. The lowest BCUT2D eigenvalue weighted by molar-refractivity contribution is 0.0996. The number of nitrogens with one attached hydrogen (secondary N) is 3. The number of β-amino-alcohol motifs (C(OH)–C–C–N with tert-alkyl or cyclic N) is 1. The summed E-state index contributed by atoms with van der Waals surface area (Å²) in [4.78, 5) is 24.0. The number of carbonyl (C=O) groups is 2. The van der Waals surface area contributed by atoms with E-state index < -0.39 is 41.8 Å². The maximum absolute atomic E-state index is 13.9. The van der Waals surface area contributed by atoms with E-state index in [9.17, 15) is 23.5 Å². The van der Waals surface area contributed by atoms with Crippen LogP contribution in [-0.2, 0) is 6.61 Å². The Morgan fingerprint density at radius 2 is 1.94 bits per heavy atom. The van der Waals surface area contributed by atoms with Crippen molar-refractivity contribution >= 4 is 40.1 Å². The fraction of sp³-hybridized carbons (Fsp3) is 0.450. The highest BCUT2D eigenvalue weighted by molar-refractivity contribution is 7.11. The lowest BCUT2D eigenvalue weighted by Crippen LogP contribution is -2.42. The van der Waals surface area contributed by atoms with E-state index in [1.165, 1.54) is 0 Å². The molecule has 1 unspecified atom stereocenters. The quantitative estimate of drug-likeness (QED) is 0.336. The van der Waals surface area contributed by atoms with Crippen molar-refractivity contribution in [2.45, 2.75) is 45.4 Å². The summed E-state index contributed by atoms with van der Waals surface area (Å²) >= 11 is 6.30. The molecule has 0 spiro atoms. The SMILES string of the molecule is CC(C)(C)NCC(O)CCNC(=O)Nc1snc(OCc2c(F)cc(Cl)cc2F)c1C(N)=O. The van der Waals surface area contributed by atoms with E-state index in [1.807, 2.05) is 20.8 Å². The Morgan fingerprint density at radius 3 is 2.52 bits per heavy atom. The number of aliphatic hydroxyl groups excluding tert-OH is 1. The average Bonchev–Trinajstić information content (AvgIpc) is 3.07. The minimum atomic E-state index is -0.949. The van der Waals surface area contributed by atoms with Gasteiger partial charge in [0, 0.05) is 23.7 Å². The number of ether oxygens (including phenoxy) is 1. The van der Waals surface area contributed by atoms with E-state index >= 15 is 0 Å². The number of nitrogens with zero attached hydrogens (tertiary/aromatic N) is 1. The summed E-state index contributed by atoms with van der Waals surface area (Å²) in [5.74, 6) is -3.07. The van der Waals surface area contributed by atoms with E-state index in [0.717, 1.165) is 12.1 Å². The van der Waals surface area contributed by atoms with Crippen molar-refractivity contribution in [1.29, 1.82) is 0 Å². The van der Waals surface area contributed by atoms with Crippen LogP contribution >= 0.6 is 23.1 Å². The monoisotopic (exact) mass is 505 g/mol. The molecule has 0 bridgehead atoms. The summed E-state index contributed by atoms with van der Waals surface area (Å²) in [5.41, 5.74) is 4.57. The number of urea groups is 1. The highest BCUT2D eigenvalue weighted by Crippen LogP contribution is 2.31. The average molecular weight is 506 g/mol. The fourth-order valence-corrected chi connectivity index (χ4v) is 3.48. The molecule has 0 saturated carbocycles. The van der Waals surface area contributed by atoms with Crippen LogP contribution in [0.25, 0.3) is 0 Å². The van der Waals surface area contributed by atoms with Crippen molar-refractivity contribution in [1.82, 2.24) is 15.0 Å². The summed E-state index contributed by atoms with van der Waals surface area (Å²) < 4.78 is 37.0. The number of aliphatic hydroxyl groups is 1. The molecule has 13 heteroatoms. The van der Waals surface area contributed by atoms with E-state index in [1.54, 1.807) is 0 Å². The summed E-state index contributed by atoms with van der Waals surface area (Å²) in [6, 6.07) is 1.19. The standard InChI is InChI=1S/C20H26ClF2N5O4S/c1-20(2,3)26-8-11(29)4-5-25-19(31)27-18-15(16(24)30)17(28-33-18)32-9-12-13(22)6-10(21)7-14(12)23/h6-7,11,26,29H,4-5,8-9H2,1-3H3,(H2,24,30)(H2,25,27,31). The number of nitrogens with two attached hydrogens (primary N) is 1. The first-order valence-corrected chi connectivity index (χ1v) is 11.1. The van der Waals surface area contributed by atoms with Gasteiger partial charge in [0.05, 0.1) is 11.7 Å². The molecule has 0 aliphatic carbocycles. The Bertz CT molecular complexity index is 976. The van der Waals surface area contributed by atoms with Gasteiger partial charge in [-0.3, -0.25) is 10.1 Å². The largest absolute Gasteiger partial charge is 0.471 e. The van der Waals surface area contributed by atoms with Gasteiger partial charge in [-0.2, -0.15) is 4.37 Å². The molecule has 1 aromatic carbocycles.